The highest BCUT2D eigenvalue weighted by Crippen LogP contribution is 2.43. The number of carbonyl (C=O) groups excluding carboxylic acids is 1. The van der Waals surface area contributed by atoms with Crippen LogP contribution in [0.4, 0.5) is 0 Å². The Labute approximate surface area is 414 Å². The molecule has 0 bridgehead atoms. The number of rotatable bonds is 50. The highest BCUT2D eigenvalue weighted by Gasteiger charge is 2.28. The predicted molar refractivity (Wildman–Crippen MR) is 290 cm³/mol. The fraction of sp³-hybridized carbons (Fsp3) is 0.776. The fourth-order valence-electron chi connectivity index (χ4n) is 7.87. The number of aliphatic hydroxyl groups excluding tert-OH is 1. The van der Waals surface area contributed by atoms with Crippen molar-refractivity contribution in [3.05, 3.63) is 72.9 Å². The third-order valence-corrected chi connectivity index (χ3v) is 13.2. The molecule has 0 aromatic carbocycles. The first-order chi connectivity index (χ1) is 32.5. The number of hydrogen-bond acceptors (Lipinski definition) is 5. The molecule has 0 aliphatic carbocycles. The van der Waals surface area contributed by atoms with E-state index in [-0.39, 0.29) is 19.1 Å². The largest absolute Gasteiger partial charge is 0.472 e. The summed E-state index contributed by atoms with van der Waals surface area (Å²) in [6, 6.07) is -0.760. The van der Waals surface area contributed by atoms with Crippen molar-refractivity contribution in [2.45, 2.75) is 251 Å². The zero-order chi connectivity index (χ0) is 49.2. The summed E-state index contributed by atoms with van der Waals surface area (Å²) < 4.78 is 23.7. The number of phosphoric ester groups is 1. The molecule has 0 heterocycles. The van der Waals surface area contributed by atoms with E-state index in [4.69, 9.17) is 9.05 Å². The monoisotopic (exact) mass is 960 g/mol. The Kier molecular flexibility index (Phi) is 47.4. The highest BCUT2D eigenvalue weighted by molar-refractivity contribution is 7.47. The molecule has 1 amide bonds. The van der Waals surface area contributed by atoms with Gasteiger partial charge in [0.1, 0.15) is 13.2 Å². The van der Waals surface area contributed by atoms with Crippen LogP contribution in [0.5, 0.6) is 0 Å². The molecule has 0 radical (unpaired) electrons. The lowest BCUT2D eigenvalue weighted by Crippen LogP contribution is -2.46. The Balaban J connectivity index is 3.96. The summed E-state index contributed by atoms with van der Waals surface area (Å²) in [5, 5.41) is 14.0. The van der Waals surface area contributed by atoms with Gasteiger partial charge in [-0.1, -0.05) is 241 Å². The summed E-state index contributed by atoms with van der Waals surface area (Å²) in [5.74, 6) is -0.147. The number of aliphatic hydroxyl groups is 1. The van der Waals surface area contributed by atoms with Crippen LogP contribution in [0, 0.1) is 0 Å². The van der Waals surface area contributed by atoms with Crippen molar-refractivity contribution in [3.63, 3.8) is 0 Å². The first-order valence-electron chi connectivity index (χ1n) is 27.8. The minimum Gasteiger partial charge on any atom is -0.391 e. The first kappa shape index (κ1) is 64.9. The van der Waals surface area contributed by atoms with Gasteiger partial charge in [0.15, 0.2) is 0 Å². The van der Waals surface area contributed by atoms with Crippen molar-refractivity contribution in [1.82, 2.24) is 5.32 Å². The van der Waals surface area contributed by atoms with E-state index in [0.717, 1.165) is 77.0 Å². The lowest BCUT2D eigenvalue weighted by Gasteiger charge is -2.26. The zero-order valence-electron chi connectivity index (χ0n) is 44.4. The average Bonchev–Trinajstić information content (AvgIpc) is 3.29. The molecular weight excluding hydrogens is 852 g/mol. The number of phosphoric acid groups is 1. The van der Waals surface area contributed by atoms with E-state index in [2.05, 4.69) is 92.1 Å². The van der Waals surface area contributed by atoms with Gasteiger partial charge in [-0.25, -0.2) is 4.57 Å². The van der Waals surface area contributed by atoms with Crippen molar-refractivity contribution in [3.8, 4) is 0 Å². The number of unbranched alkanes of at least 4 members (excludes halogenated alkanes) is 25. The molecule has 0 aromatic heterocycles. The summed E-state index contributed by atoms with van der Waals surface area (Å²) in [6.07, 6.45) is 66.8. The van der Waals surface area contributed by atoms with Gasteiger partial charge in [-0.3, -0.25) is 13.8 Å². The molecule has 3 unspecified atom stereocenters. The van der Waals surface area contributed by atoms with E-state index in [1.54, 1.807) is 0 Å². The maximum absolute atomic E-state index is 12.9. The molecule has 390 valence electrons. The molecule has 8 nitrogen and oxygen atoms in total. The quantitative estimate of drug-likeness (QED) is 0.0243. The summed E-state index contributed by atoms with van der Waals surface area (Å²) >= 11 is 0. The number of quaternary nitrogens is 1. The Morgan fingerprint density at radius 3 is 1.31 bits per heavy atom. The smallest absolute Gasteiger partial charge is 0.391 e. The van der Waals surface area contributed by atoms with E-state index in [9.17, 15) is 19.4 Å². The van der Waals surface area contributed by atoms with Crippen LogP contribution in [-0.2, 0) is 18.4 Å². The molecule has 0 aliphatic rings. The molecule has 0 fully saturated rings. The third kappa shape index (κ3) is 51.6. The van der Waals surface area contributed by atoms with Crippen LogP contribution in [0.1, 0.15) is 239 Å². The zero-order valence-corrected chi connectivity index (χ0v) is 45.3. The molecule has 3 atom stereocenters. The normalized spacial score (nSPS) is 14.6. The molecule has 0 saturated carbocycles. The lowest BCUT2D eigenvalue weighted by atomic mass is 10.0. The summed E-state index contributed by atoms with van der Waals surface area (Å²) in [7, 11) is 1.61. The highest BCUT2D eigenvalue weighted by atomic mass is 31.2. The van der Waals surface area contributed by atoms with Crippen LogP contribution in [0.25, 0.3) is 0 Å². The van der Waals surface area contributed by atoms with Gasteiger partial charge < -0.3 is 19.8 Å². The number of amides is 1. The first-order valence-corrected chi connectivity index (χ1v) is 29.3. The van der Waals surface area contributed by atoms with Crippen LogP contribution in [0.2, 0.25) is 0 Å². The standard InChI is InChI=1S/C58H107N2O6P/c1-6-8-10-12-14-16-18-19-20-21-22-23-24-25-26-27-28-29-30-31-32-33-34-35-36-37-38-39-40-41-42-44-46-48-50-52-58(62)59-56(55-66-67(63,64)65-54-53-60(3,4)5)57(61)51-49-47-45-43-17-15-13-11-9-7-2/h8,10,14,16,19-20,22-23,25-26,28-29,56-57,61H,6-7,9,11-13,15,17-18,21,24,27,30-55H2,1-5H3,(H-,59,62,63,64)/p+1/b10-8-,16-14-,20-19-,23-22-,26-25-,29-28-. The summed E-state index contributed by atoms with van der Waals surface area (Å²) in [4.78, 5) is 23.2. The second kappa shape index (κ2) is 48.9. The molecule has 0 aromatic rings. The van der Waals surface area contributed by atoms with E-state index in [1.807, 2.05) is 21.1 Å². The van der Waals surface area contributed by atoms with Gasteiger partial charge in [0, 0.05) is 6.42 Å². The molecule has 0 spiro atoms. The van der Waals surface area contributed by atoms with Crippen molar-refractivity contribution < 1.29 is 32.9 Å². The van der Waals surface area contributed by atoms with Crippen LogP contribution in [0.15, 0.2) is 72.9 Å². The molecule has 0 aliphatic heterocycles. The van der Waals surface area contributed by atoms with Gasteiger partial charge in [0.05, 0.1) is 39.9 Å². The third-order valence-electron chi connectivity index (χ3n) is 12.2. The molecule has 0 saturated heterocycles. The number of likely N-dealkylation sites (N-methyl/N-ethyl adjacent to an activating group) is 1. The van der Waals surface area contributed by atoms with Gasteiger partial charge in [-0.2, -0.15) is 0 Å². The fourth-order valence-corrected chi connectivity index (χ4v) is 8.61. The Morgan fingerprint density at radius 2 is 0.896 bits per heavy atom. The van der Waals surface area contributed by atoms with E-state index < -0.39 is 20.0 Å². The number of nitrogens with one attached hydrogen (secondary N) is 1. The number of nitrogens with zero attached hydrogens (tertiary/aromatic N) is 1. The van der Waals surface area contributed by atoms with Gasteiger partial charge >= 0.3 is 7.82 Å². The summed E-state index contributed by atoms with van der Waals surface area (Å²) in [5.41, 5.74) is 0. The molecular formula is C58H108N2O6P+. The van der Waals surface area contributed by atoms with Gasteiger partial charge in [-0.05, 0) is 64.2 Å². The van der Waals surface area contributed by atoms with Gasteiger partial charge in [-0.15, -0.1) is 0 Å². The van der Waals surface area contributed by atoms with Crippen LogP contribution in [0.3, 0.4) is 0 Å². The maximum Gasteiger partial charge on any atom is 0.472 e. The second-order valence-corrected chi connectivity index (χ2v) is 21.4. The average molecular weight is 960 g/mol. The maximum atomic E-state index is 12.9. The summed E-state index contributed by atoms with van der Waals surface area (Å²) in [6.45, 7) is 4.76. The van der Waals surface area contributed by atoms with E-state index >= 15 is 0 Å². The van der Waals surface area contributed by atoms with E-state index in [0.29, 0.717) is 23.9 Å². The van der Waals surface area contributed by atoms with Crippen LogP contribution < -0.4 is 5.32 Å². The number of carbonyl (C=O) groups is 1. The Hall–Kier alpha value is -2.06. The topological polar surface area (TPSA) is 105 Å². The minimum absolute atomic E-state index is 0.0733. The van der Waals surface area contributed by atoms with Crippen molar-refractivity contribution in [1.29, 1.82) is 0 Å². The van der Waals surface area contributed by atoms with Crippen LogP contribution >= 0.6 is 7.82 Å². The van der Waals surface area contributed by atoms with E-state index in [1.165, 1.54) is 135 Å². The number of allylic oxidation sites excluding steroid dienone is 12. The van der Waals surface area contributed by atoms with Crippen LogP contribution in [-0.4, -0.2) is 73.4 Å². The SMILES string of the molecule is CC/C=C\C/C=C\C/C=C\C/C=C\C/C=C\C/C=C\CCCCCCCCCCCCCCCCCCC(=O)NC(COP(=O)(O)OCC[N+](C)(C)C)C(O)CCCCCCCCCCCC. The number of hydrogen-bond donors (Lipinski definition) is 3. The molecule has 67 heavy (non-hydrogen) atoms. The predicted octanol–water partition coefficient (Wildman–Crippen LogP) is 16.7. The molecule has 3 N–H and O–H groups in total. The van der Waals surface area contributed by atoms with Gasteiger partial charge in [0.25, 0.3) is 0 Å². The van der Waals surface area contributed by atoms with Crippen molar-refractivity contribution in [2.24, 2.45) is 0 Å². The van der Waals surface area contributed by atoms with Crippen molar-refractivity contribution in [2.75, 3.05) is 40.9 Å². The lowest BCUT2D eigenvalue weighted by molar-refractivity contribution is -0.870. The van der Waals surface area contributed by atoms with Crippen molar-refractivity contribution >= 4 is 13.7 Å². The Morgan fingerprint density at radius 1 is 0.522 bits per heavy atom. The Bertz CT molecular complexity index is 1320. The second-order valence-electron chi connectivity index (χ2n) is 19.9. The molecule has 9 heteroatoms. The van der Waals surface area contributed by atoms with Gasteiger partial charge in [0.2, 0.25) is 5.91 Å². The molecule has 0 rings (SSSR count). The minimum atomic E-state index is -4.32.